The highest BCUT2D eigenvalue weighted by Crippen LogP contribution is 2.48. The zero-order chi connectivity index (χ0) is 19.3. The number of piperidine rings is 1. The lowest BCUT2D eigenvalue weighted by atomic mass is 9.58. The Labute approximate surface area is 171 Å². The molecule has 0 saturated carbocycles. The Morgan fingerprint density at radius 2 is 2.07 bits per heavy atom. The van der Waals surface area contributed by atoms with Crippen LogP contribution in [0.1, 0.15) is 23.2 Å². The van der Waals surface area contributed by atoms with Crippen LogP contribution in [0, 0.1) is 5.92 Å². The molecule has 1 saturated heterocycles. The van der Waals surface area contributed by atoms with E-state index in [-0.39, 0.29) is 5.41 Å². The highest BCUT2D eigenvalue weighted by Gasteiger charge is 2.47. The van der Waals surface area contributed by atoms with Crippen LogP contribution in [0.25, 0.3) is 10.9 Å². The summed E-state index contributed by atoms with van der Waals surface area (Å²) in [7, 11) is 3.99. The van der Waals surface area contributed by atoms with Gasteiger partial charge in [0.15, 0.2) is 0 Å². The number of pyridine rings is 1. The standard InChI is InChI=1S/C24H25ClN2O/c1-27-9-8-24(18-4-3-5-21(13-18)28-2)14-23-16(11-19(24)15-27)10-17-12-20(25)6-7-22(17)26-23/h3-7,10,12-13,19H,8-9,11,14-15H2,1-2H3/t19-,24-/m0/s1. The van der Waals surface area contributed by atoms with Crippen LogP contribution >= 0.6 is 11.6 Å². The van der Waals surface area contributed by atoms with Crippen LogP contribution in [-0.4, -0.2) is 37.1 Å². The van der Waals surface area contributed by atoms with Crippen molar-refractivity contribution in [2.24, 2.45) is 5.92 Å². The number of benzene rings is 2. The molecule has 2 heterocycles. The fraction of sp³-hybridized carbons (Fsp3) is 0.375. The summed E-state index contributed by atoms with van der Waals surface area (Å²) in [5, 5.41) is 1.91. The molecule has 0 amide bonds. The maximum Gasteiger partial charge on any atom is 0.119 e. The number of likely N-dealkylation sites (tertiary alicyclic amines) is 1. The SMILES string of the molecule is COc1cccc([C@@]23CCN(C)C[C@@H]2Cc2cc4cc(Cl)ccc4nc2C3)c1. The van der Waals surface area contributed by atoms with Gasteiger partial charge in [0.05, 0.1) is 12.6 Å². The molecule has 0 radical (unpaired) electrons. The molecule has 2 aliphatic rings. The van der Waals surface area contributed by atoms with Crippen molar-refractivity contribution in [1.29, 1.82) is 0 Å². The minimum atomic E-state index is 0.126. The average molecular weight is 393 g/mol. The molecule has 0 unspecified atom stereocenters. The van der Waals surface area contributed by atoms with Crippen LogP contribution < -0.4 is 4.74 Å². The van der Waals surface area contributed by atoms with E-state index in [4.69, 9.17) is 21.3 Å². The van der Waals surface area contributed by atoms with Gasteiger partial charge in [0.2, 0.25) is 0 Å². The molecule has 1 aliphatic heterocycles. The Bertz CT molecular complexity index is 1050. The number of aromatic nitrogens is 1. The lowest BCUT2D eigenvalue weighted by molar-refractivity contribution is 0.0987. The number of halogens is 1. The van der Waals surface area contributed by atoms with Gasteiger partial charge < -0.3 is 9.64 Å². The van der Waals surface area contributed by atoms with Gasteiger partial charge >= 0.3 is 0 Å². The topological polar surface area (TPSA) is 25.4 Å². The molecular formula is C24H25ClN2O. The van der Waals surface area contributed by atoms with E-state index in [9.17, 15) is 0 Å². The summed E-state index contributed by atoms with van der Waals surface area (Å²) < 4.78 is 5.54. The maximum absolute atomic E-state index is 6.22. The Balaban J connectivity index is 1.65. The minimum Gasteiger partial charge on any atom is -0.497 e. The number of fused-ring (bicyclic) bond motifs is 3. The maximum atomic E-state index is 6.22. The summed E-state index contributed by atoms with van der Waals surface area (Å²) in [6.45, 7) is 2.23. The normalized spacial score (nSPS) is 24.6. The van der Waals surface area contributed by atoms with Crippen molar-refractivity contribution >= 4 is 22.5 Å². The molecule has 1 aromatic heterocycles. The van der Waals surface area contributed by atoms with Crippen LogP contribution in [0.2, 0.25) is 5.02 Å². The van der Waals surface area contributed by atoms with Crippen molar-refractivity contribution in [3.63, 3.8) is 0 Å². The second kappa shape index (κ2) is 6.75. The van der Waals surface area contributed by atoms with Gasteiger partial charge in [-0.2, -0.15) is 0 Å². The molecule has 1 aliphatic carbocycles. The number of hydrogen-bond donors (Lipinski definition) is 0. The highest BCUT2D eigenvalue weighted by molar-refractivity contribution is 6.31. The van der Waals surface area contributed by atoms with Crippen LogP contribution in [0.15, 0.2) is 48.5 Å². The monoisotopic (exact) mass is 392 g/mol. The summed E-state index contributed by atoms with van der Waals surface area (Å²) in [4.78, 5) is 7.55. The van der Waals surface area contributed by atoms with Crippen molar-refractivity contribution in [3.05, 3.63) is 70.4 Å². The Morgan fingerprint density at radius 1 is 1.18 bits per heavy atom. The molecule has 2 atom stereocenters. The van der Waals surface area contributed by atoms with Gasteiger partial charge in [0.25, 0.3) is 0 Å². The lowest BCUT2D eigenvalue weighted by Gasteiger charge is -2.50. The van der Waals surface area contributed by atoms with E-state index in [0.717, 1.165) is 54.0 Å². The number of hydrogen-bond acceptors (Lipinski definition) is 3. The van der Waals surface area contributed by atoms with Gasteiger partial charge in [0, 0.05) is 34.5 Å². The molecule has 28 heavy (non-hydrogen) atoms. The van der Waals surface area contributed by atoms with E-state index in [1.165, 1.54) is 16.8 Å². The van der Waals surface area contributed by atoms with E-state index in [1.54, 1.807) is 7.11 Å². The van der Waals surface area contributed by atoms with Gasteiger partial charge in [-0.1, -0.05) is 23.7 Å². The fourth-order valence-electron chi connectivity index (χ4n) is 5.27. The van der Waals surface area contributed by atoms with Gasteiger partial charge in [-0.05, 0) is 79.9 Å². The molecule has 3 aromatic rings. The van der Waals surface area contributed by atoms with E-state index in [1.807, 2.05) is 24.3 Å². The molecule has 5 rings (SSSR count). The highest BCUT2D eigenvalue weighted by atomic mass is 35.5. The molecular weight excluding hydrogens is 368 g/mol. The van der Waals surface area contributed by atoms with Crippen LogP contribution in [0.3, 0.4) is 0 Å². The zero-order valence-corrected chi connectivity index (χ0v) is 17.2. The zero-order valence-electron chi connectivity index (χ0n) is 16.4. The first-order valence-corrected chi connectivity index (χ1v) is 10.4. The largest absolute Gasteiger partial charge is 0.497 e. The molecule has 0 N–H and O–H groups in total. The molecule has 0 spiro atoms. The quantitative estimate of drug-likeness (QED) is 0.621. The number of rotatable bonds is 2. The number of ether oxygens (including phenoxy) is 1. The van der Waals surface area contributed by atoms with Crippen molar-refractivity contribution in [2.45, 2.75) is 24.7 Å². The van der Waals surface area contributed by atoms with Crippen molar-refractivity contribution in [2.75, 3.05) is 27.2 Å². The first-order valence-electron chi connectivity index (χ1n) is 9.98. The second-order valence-electron chi connectivity index (χ2n) is 8.41. The second-order valence-corrected chi connectivity index (χ2v) is 8.85. The third kappa shape index (κ3) is 2.89. The minimum absolute atomic E-state index is 0.126. The van der Waals surface area contributed by atoms with Crippen LogP contribution in [0.5, 0.6) is 5.75 Å². The summed E-state index contributed by atoms with van der Waals surface area (Å²) in [5.74, 6) is 1.51. The van der Waals surface area contributed by atoms with Crippen LogP contribution in [-0.2, 0) is 18.3 Å². The van der Waals surface area contributed by atoms with E-state index in [0.29, 0.717) is 5.92 Å². The predicted molar refractivity (Wildman–Crippen MR) is 114 cm³/mol. The van der Waals surface area contributed by atoms with Crippen molar-refractivity contribution in [3.8, 4) is 5.75 Å². The predicted octanol–water partition coefficient (Wildman–Crippen LogP) is 4.89. The summed E-state index contributed by atoms with van der Waals surface area (Å²) in [6.07, 6.45) is 3.21. The van der Waals surface area contributed by atoms with E-state index < -0.39 is 0 Å². The summed E-state index contributed by atoms with van der Waals surface area (Å²) in [5.41, 5.74) is 5.19. The Kier molecular flexibility index (Phi) is 4.33. The molecule has 144 valence electrons. The number of nitrogens with zero attached hydrogens (tertiary/aromatic N) is 2. The first-order chi connectivity index (χ1) is 13.6. The van der Waals surface area contributed by atoms with Crippen LogP contribution in [0.4, 0.5) is 0 Å². The smallest absolute Gasteiger partial charge is 0.119 e. The summed E-state index contributed by atoms with van der Waals surface area (Å²) >= 11 is 6.22. The fourth-order valence-corrected chi connectivity index (χ4v) is 5.45. The van der Waals surface area contributed by atoms with Crippen molar-refractivity contribution < 1.29 is 4.74 Å². The van der Waals surface area contributed by atoms with Gasteiger partial charge in [-0.25, -0.2) is 0 Å². The molecule has 4 heteroatoms. The van der Waals surface area contributed by atoms with E-state index in [2.05, 4.69) is 36.2 Å². The average Bonchev–Trinajstić information content (AvgIpc) is 2.71. The molecule has 1 fully saturated rings. The van der Waals surface area contributed by atoms with E-state index >= 15 is 0 Å². The Hall–Kier alpha value is -2.10. The molecule has 3 nitrogen and oxygen atoms in total. The summed E-state index contributed by atoms with van der Waals surface area (Å²) in [6, 6.07) is 17.0. The molecule has 0 bridgehead atoms. The number of methoxy groups -OCH3 is 1. The Morgan fingerprint density at radius 3 is 2.93 bits per heavy atom. The van der Waals surface area contributed by atoms with Gasteiger partial charge in [0.1, 0.15) is 5.75 Å². The molecule has 2 aromatic carbocycles. The lowest BCUT2D eigenvalue weighted by Crippen LogP contribution is -2.53. The van der Waals surface area contributed by atoms with Gasteiger partial charge in [-0.3, -0.25) is 4.98 Å². The third-order valence-electron chi connectivity index (χ3n) is 6.79. The van der Waals surface area contributed by atoms with Crippen molar-refractivity contribution in [1.82, 2.24) is 9.88 Å². The first kappa shape index (κ1) is 18.0. The van der Waals surface area contributed by atoms with Gasteiger partial charge in [-0.15, -0.1) is 0 Å². The third-order valence-corrected chi connectivity index (χ3v) is 7.03.